The predicted molar refractivity (Wildman–Crippen MR) is 142 cm³/mol. The van der Waals surface area contributed by atoms with Gasteiger partial charge in [-0.15, -0.1) is 6.58 Å². The lowest BCUT2D eigenvalue weighted by atomic mass is 10.0. The lowest BCUT2D eigenvalue weighted by molar-refractivity contribution is -0.124. The fourth-order valence-electron chi connectivity index (χ4n) is 3.89. The fraction of sp³-hybridized carbons (Fsp3) is 0.630. The van der Waals surface area contributed by atoms with Crippen LogP contribution in [0.5, 0.6) is 0 Å². The number of hydrogen-bond acceptors (Lipinski definition) is 4. The van der Waals surface area contributed by atoms with Crippen LogP contribution < -0.4 is 4.90 Å². The van der Waals surface area contributed by atoms with Gasteiger partial charge in [-0.1, -0.05) is 39.0 Å². The van der Waals surface area contributed by atoms with Crippen molar-refractivity contribution in [1.29, 1.82) is 0 Å². The van der Waals surface area contributed by atoms with Crippen LogP contribution in [0.25, 0.3) is 0 Å². The van der Waals surface area contributed by atoms with Crippen molar-refractivity contribution in [3.8, 4) is 0 Å². The molecule has 1 aromatic rings. The van der Waals surface area contributed by atoms with Crippen molar-refractivity contribution in [2.45, 2.75) is 97.2 Å². The number of carbonyl (C=O) groups excluding carboxylic acids is 2. The zero-order valence-electron chi connectivity index (χ0n) is 22.8. The van der Waals surface area contributed by atoms with Gasteiger partial charge in [0, 0.05) is 19.3 Å². The number of allylic oxidation sites excluding steroid dienone is 1. The molecule has 1 aromatic carbocycles. The van der Waals surface area contributed by atoms with E-state index >= 15 is 0 Å². The summed E-state index contributed by atoms with van der Waals surface area (Å²) in [7, 11) is -0.402. The molecule has 0 bridgehead atoms. The van der Waals surface area contributed by atoms with Crippen molar-refractivity contribution in [1.82, 2.24) is 4.90 Å². The molecular formula is C27H44N2O4Si. The topological polar surface area (TPSA) is 59.1 Å². The highest BCUT2D eigenvalue weighted by molar-refractivity contribution is 6.74. The minimum atomic E-state index is -2.18. The Bertz CT molecular complexity index is 914. The summed E-state index contributed by atoms with van der Waals surface area (Å²) >= 11 is 0. The maximum atomic E-state index is 14.0. The second-order valence-corrected chi connectivity index (χ2v) is 16.6. The molecule has 34 heavy (non-hydrogen) atoms. The molecular weight excluding hydrogens is 444 g/mol. The molecule has 1 aliphatic heterocycles. The zero-order chi connectivity index (χ0) is 26.1. The minimum absolute atomic E-state index is 0.0144. The van der Waals surface area contributed by atoms with E-state index in [1.165, 1.54) is 0 Å². The van der Waals surface area contributed by atoms with E-state index in [2.05, 4.69) is 40.4 Å². The second kappa shape index (κ2) is 10.2. The second-order valence-electron chi connectivity index (χ2n) is 11.8. The molecule has 6 nitrogen and oxygen atoms in total. The fourth-order valence-corrected chi connectivity index (χ4v) is 5.25. The van der Waals surface area contributed by atoms with Crippen LogP contribution in [-0.4, -0.2) is 56.6 Å². The molecule has 2 amide bonds. The summed E-state index contributed by atoms with van der Waals surface area (Å²) in [6, 6.07) is 5.32. The van der Waals surface area contributed by atoms with Crippen molar-refractivity contribution in [3.05, 3.63) is 42.0 Å². The van der Waals surface area contributed by atoms with Crippen molar-refractivity contribution in [3.63, 3.8) is 0 Å². The first-order valence-corrected chi connectivity index (χ1v) is 15.0. The van der Waals surface area contributed by atoms with Crippen LogP contribution in [0.2, 0.25) is 18.1 Å². The van der Waals surface area contributed by atoms with E-state index in [0.29, 0.717) is 19.4 Å². The third kappa shape index (κ3) is 6.51. The average molecular weight is 489 g/mol. The van der Waals surface area contributed by atoms with Gasteiger partial charge in [0.1, 0.15) is 11.6 Å². The Kier molecular flexibility index (Phi) is 8.47. The SMILES string of the molecule is C=CCc1ccc(C)cc1N(C)C(=O)[C@@H]1[C@H](O[Si](C)(C)C(C)(C)C)CCN1C(=O)OC(C)(C)C. The number of nitrogens with zero attached hydrogens (tertiary/aromatic N) is 2. The standard InChI is InChI=1S/C27H44N2O4Si/c1-12-13-20-15-14-19(2)18-21(20)28(9)24(30)23-22(33-34(10,11)27(6,7)8)16-17-29(23)25(31)32-26(3,4)5/h12,14-15,18,22-23H,1,13,16-17H2,2-11H3/t22-,23+/m1/s1. The van der Waals surface area contributed by atoms with Gasteiger partial charge < -0.3 is 14.1 Å². The highest BCUT2D eigenvalue weighted by atomic mass is 28.4. The number of carbonyl (C=O) groups is 2. The summed E-state index contributed by atoms with van der Waals surface area (Å²) in [5, 5.41) is -0.0144. The van der Waals surface area contributed by atoms with Crippen molar-refractivity contribution < 1.29 is 18.8 Å². The van der Waals surface area contributed by atoms with Gasteiger partial charge in [0.2, 0.25) is 0 Å². The molecule has 1 fully saturated rings. The Morgan fingerprint density at radius 3 is 2.35 bits per heavy atom. The Morgan fingerprint density at radius 2 is 1.82 bits per heavy atom. The number of hydrogen-bond donors (Lipinski definition) is 0. The van der Waals surface area contributed by atoms with Crippen molar-refractivity contribution in [2.75, 3.05) is 18.5 Å². The summed E-state index contributed by atoms with van der Waals surface area (Å²) in [6.45, 7) is 22.7. The first-order chi connectivity index (χ1) is 15.5. The van der Waals surface area contributed by atoms with Gasteiger partial charge in [0.25, 0.3) is 5.91 Å². The van der Waals surface area contributed by atoms with E-state index in [9.17, 15) is 9.59 Å². The monoisotopic (exact) mass is 488 g/mol. The maximum Gasteiger partial charge on any atom is 0.411 e. The molecule has 1 aliphatic rings. The third-order valence-corrected chi connectivity index (χ3v) is 11.3. The van der Waals surface area contributed by atoms with Crippen LogP contribution >= 0.6 is 0 Å². The van der Waals surface area contributed by atoms with Crippen LogP contribution in [0.3, 0.4) is 0 Å². The normalized spacial score (nSPS) is 19.2. The number of likely N-dealkylation sites (N-methyl/N-ethyl adjacent to an activating group) is 1. The molecule has 2 atom stereocenters. The van der Waals surface area contributed by atoms with Crippen LogP contribution in [0, 0.1) is 6.92 Å². The molecule has 2 rings (SSSR count). The maximum absolute atomic E-state index is 14.0. The van der Waals surface area contributed by atoms with E-state index < -0.39 is 26.1 Å². The molecule has 0 radical (unpaired) electrons. The quantitative estimate of drug-likeness (QED) is 0.359. The molecule has 0 unspecified atom stereocenters. The highest BCUT2D eigenvalue weighted by Gasteiger charge is 2.49. The van der Waals surface area contributed by atoms with E-state index in [0.717, 1.165) is 16.8 Å². The third-order valence-electron chi connectivity index (χ3n) is 6.77. The molecule has 0 saturated carbocycles. The lowest BCUT2D eigenvalue weighted by Gasteiger charge is -2.40. The molecule has 0 aliphatic carbocycles. The summed E-state index contributed by atoms with van der Waals surface area (Å²) in [4.78, 5) is 30.4. The van der Waals surface area contributed by atoms with Gasteiger partial charge in [-0.3, -0.25) is 9.69 Å². The number of anilines is 1. The van der Waals surface area contributed by atoms with Gasteiger partial charge in [0.05, 0.1) is 6.10 Å². The Labute approximate surface area is 207 Å². The van der Waals surface area contributed by atoms with Crippen LogP contribution in [0.15, 0.2) is 30.9 Å². The predicted octanol–water partition coefficient (Wildman–Crippen LogP) is 6.09. The van der Waals surface area contributed by atoms with Gasteiger partial charge in [-0.05, 0) is 75.9 Å². The van der Waals surface area contributed by atoms with Gasteiger partial charge in [-0.25, -0.2) is 4.79 Å². The van der Waals surface area contributed by atoms with Crippen LogP contribution in [0.1, 0.15) is 59.1 Å². The zero-order valence-corrected chi connectivity index (χ0v) is 23.8. The number of ether oxygens (including phenoxy) is 1. The van der Waals surface area contributed by atoms with Crippen molar-refractivity contribution in [2.24, 2.45) is 0 Å². The van der Waals surface area contributed by atoms with Gasteiger partial charge >= 0.3 is 6.09 Å². The largest absolute Gasteiger partial charge is 0.444 e. The van der Waals surface area contributed by atoms with Crippen LogP contribution in [-0.2, 0) is 20.4 Å². The van der Waals surface area contributed by atoms with Gasteiger partial charge in [0.15, 0.2) is 8.32 Å². The summed E-state index contributed by atoms with van der Waals surface area (Å²) in [5.41, 5.74) is 2.25. The number of benzene rings is 1. The minimum Gasteiger partial charge on any atom is -0.444 e. The van der Waals surface area contributed by atoms with Crippen LogP contribution in [0.4, 0.5) is 10.5 Å². The van der Waals surface area contributed by atoms with E-state index in [1.807, 2.05) is 52.0 Å². The number of aryl methyl sites for hydroxylation is 1. The molecule has 0 spiro atoms. The Morgan fingerprint density at radius 1 is 1.21 bits per heavy atom. The Balaban J connectivity index is 2.47. The Hall–Kier alpha value is -2.12. The number of amides is 2. The molecule has 1 saturated heterocycles. The molecule has 190 valence electrons. The molecule has 0 aromatic heterocycles. The summed E-state index contributed by atoms with van der Waals surface area (Å²) in [6.07, 6.45) is 2.23. The van der Waals surface area contributed by atoms with E-state index in [4.69, 9.17) is 9.16 Å². The molecule has 7 heteroatoms. The summed E-state index contributed by atoms with van der Waals surface area (Å²) in [5.74, 6) is -0.164. The van der Waals surface area contributed by atoms with E-state index in [-0.39, 0.29) is 17.0 Å². The van der Waals surface area contributed by atoms with Gasteiger partial charge in [-0.2, -0.15) is 0 Å². The highest BCUT2D eigenvalue weighted by Crippen LogP contribution is 2.40. The lowest BCUT2D eigenvalue weighted by Crippen LogP contribution is -2.55. The molecule has 1 heterocycles. The molecule has 0 N–H and O–H groups in total. The summed E-state index contributed by atoms with van der Waals surface area (Å²) < 4.78 is 12.4. The van der Waals surface area contributed by atoms with E-state index in [1.54, 1.807) is 16.8 Å². The first-order valence-electron chi connectivity index (χ1n) is 12.1. The van der Waals surface area contributed by atoms with Crippen molar-refractivity contribution >= 4 is 26.0 Å². The number of likely N-dealkylation sites (tertiary alicyclic amines) is 1. The number of rotatable bonds is 6. The smallest absolute Gasteiger partial charge is 0.411 e. The first kappa shape index (κ1) is 28.1. The average Bonchev–Trinajstić information content (AvgIpc) is 3.09.